The summed E-state index contributed by atoms with van der Waals surface area (Å²) in [6, 6.07) is 4.81. The Morgan fingerprint density at radius 1 is 1.30 bits per heavy atom. The van der Waals surface area contributed by atoms with Crippen molar-refractivity contribution in [3.05, 3.63) is 35.4 Å². The van der Waals surface area contributed by atoms with Crippen molar-refractivity contribution in [3.8, 4) is 0 Å². The molecule has 2 rings (SSSR count). The van der Waals surface area contributed by atoms with Crippen molar-refractivity contribution in [1.29, 1.82) is 0 Å². The molecule has 0 aromatic heterocycles. The van der Waals surface area contributed by atoms with Crippen molar-refractivity contribution in [2.45, 2.75) is 45.8 Å². The van der Waals surface area contributed by atoms with E-state index >= 15 is 0 Å². The van der Waals surface area contributed by atoms with Crippen LogP contribution in [0.2, 0.25) is 0 Å². The molecule has 1 aliphatic rings. The number of rotatable bonds is 4. The zero-order chi connectivity index (χ0) is 14.7. The molecule has 0 amide bonds. The van der Waals surface area contributed by atoms with Crippen LogP contribution in [0.25, 0.3) is 0 Å². The van der Waals surface area contributed by atoms with Gasteiger partial charge in [0.15, 0.2) is 0 Å². The lowest BCUT2D eigenvalue weighted by molar-refractivity contribution is 0.101. The monoisotopic (exact) mass is 282 g/mol. The van der Waals surface area contributed by atoms with Crippen LogP contribution >= 0.6 is 0 Å². The molecule has 0 saturated carbocycles. The van der Waals surface area contributed by atoms with Gasteiger partial charge in [-0.2, -0.15) is 0 Å². The lowest BCUT2D eigenvalue weighted by atomic mass is 9.97. The summed E-state index contributed by atoms with van der Waals surface area (Å²) in [6.07, 6.45) is 0.980. The lowest BCUT2D eigenvalue weighted by Gasteiger charge is -2.41. The standard InChI is InChI=1S/C16H24F2N2/c1-4-12-8-19-16(11(2)3)10-20(12)9-13-14(17)6-5-7-15(13)18/h5-7,11-12,16,19H,4,8-10H2,1-3H3. The van der Waals surface area contributed by atoms with Crippen LogP contribution in [0.5, 0.6) is 0 Å². The molecule has 2 unspecified atom stereocenters. The second-order valence-corrected chi connectivity index (χ2v) is 5.95. The van der Waals surface area contributed by atoms with E-state index in [-0.39, 0.29) is 5.56 Å². The maximum absolute atomic E-state index is 13.8. The molecule has 20 heavy (non-hydrogen) atoms. The van der Waals surface area contributed by atoms with Crippen LogP contribution in [0.15, 0.2) is 18.2 Å². The Morgan fingerprint density at radius 2 is 1.95 bits per heavy atom. The average molecular weight is 282 g/mol. The third-order valence-corrected chi connectivity index (χ3v) is 4.26. The SMILES string of the molecule is CCC1CNC(C(C)C)CN1Cc1c(F)cccc1F. The van der Waals surface area contributed by atoms with Gasteiger partial charge in [0.2, 0.25) is 0 Å². The lowest BCUT2D eigenvalue weighted by Crippen LogP contribution is -2.57. The van der Waals surface area contributed by atoms with Gasteiger partial charge in [0.1, 0.15) is 11.6 Å². The number of hydrogen-bond donors (Lipinski definition) is 1. The molecule has 112 valence electrons. The second kappa shape index (κ2) is 6.64. The Kier molecular flexibility index (Phi) is 5.11. The quantitative estimate of drug-likeness (QED) is 0.912. The molecule has 1 N–H and O–H groups in total. The van der Waals surface area contributed by atoms with Crippen LogP contribution < -0.4 is 5.32 Å². The topological polar surface area (TPSA) is 15.3 Å². The minimum Gasteiger partial charge on any atom is -0.311 e. The van der Waals surface area contributed by atoms with Crippen LogP contribution in [0, 0.1) is 17.6 Å². The van der Waals surface area contributed by atoms with Crippen molar-refractivity contribution in [2.24, 2.45) is 5.92 Å². The van der Waals surface area contributed by atoms with Gasteiger partial charge in [0, 0.05) is 37.3 Å². The van der Waals surface area contributed by atoms with Crippen molar-refractivity contribution >= 4 is 0 Å². The van der Waals surface area contributed by atoms with E-state index in [2.05, 4.69) is 31.0 Å². The first-order valence-corrected chi connectivity index (χ1v) is 7.43. The van der Waals surface area contributed by atoms with Crippen molar-refractivity contribution in [2.75, 3.05) is 13.1 Å². The molecule has 1 fully saturated rings. The zero-order valence-corrected chi connectivity index (χ0v) is 12.5. The molecule has 0 bridgehead atoms. The van der Waals surface area contributed by atoms with E-state index in [1.165, 1.54) is 18.2 Å². The fourth-order valence-corrected chi connectivity index (χ4v) is 2.81. The van der Waals surface area contributed by atoms with Gasteiger partial charge in [-0.3, -0.25) is 4.90 Å². The van der Waals surface area contributed by atoms with Gasteiger partial charge in [0.25, 0.3) is 0 Å². The summed E-state index contributed by atoms with van der Waals surface area (Å²) in [5, 5.41) is 3.54. The van der Waals surface area contributed by atoms with Crippen molar-refractivity contribution < 1.29 is 8.78 Å². The number of piperazine rings is 1. The van der Waals surface area contributed by atoms with Gasteiger partial charge >= 0.3 is 0 Å². The first kappa shape index (κ1) is 15.4. The molecular formula is C16H24F2N2. The average Bonchev–Trinajstić information content (AvgIpc) is 2.42. The van der Waals surface area contributed by atoms with Crippen LogP contribution in [0.1, 0.15) is 32.8 Å². The molecule has 2 atom stereocenters. The van der Waals surface area contributed by atoms with Gasteiger partial charge < -0.3 is 5.32 Å². The largest absolute Gasteiger partial charge is 0.311 e. The summed E-state index contributed by atoms with van der Waals surface area (Å²) in [7, 11) is 0. The van der Waals surface area contributed by atoms with Crippen LogP contribution in [0.3, 0.4) is 0 Å². The fraction of sp³-hybridized carbons (Fsp3) is 0.625. The first-order chi connectivity index (χ1) is 9.52. The van der Waals surface area contributed by atoms with Gasteiger partial charge in [-0.05, 0) is 24.5 Å². The number of nitrogens with one attached hydrogen (secondary N) is 1. The molecular weight excluding hydrogens is 258 g/mol. The van der Waals surface area contributed by atoms with Crippen LogP contribution in [-0.2, 0) is 6.54 Å². The highest BCUT2D eigenvalue weighted by molar-refractivity contribution is 5.19. The van der Waals surface area contributed by atoms with Crippen molar-refractivity contribution in [1.82, 2.24) is 10.2 Å². The summed E-state index contributed by atoms with van der Waals surface area (Å²) in [5.74, 6) is -0.375. The van der Waals surface area contributed by atoms with Crippen molar-refractivity contribution in [3.63, 3.8) is 0 Å². The maximum atomic E-state index is 13.8. The molecule has 2 nitrogen and oxygen atoms in total. The Balaban J connectivity index is 2.15. The van der Waals surface area contributed by atoms with E-state index in [1.54, 1.807) is 0 Å². The van der Waals surface area contributed by atoms with E-state index in [1.807, 2.05) is 0 Å². The number of hydrogen-bond acceptors (Lipinski definition) is 2. The van der Waals surface area contributed by atoms with E-state index < -0.39 is 11.6 Å². The van der Waals surface area contributed by atoms with E-state index in [0.717, 1.165) is 19.5 Å². The molecule has 0 radical (unpaired) electrons. The van der Waals surface area contributed by atoms with Crippen LogP contribution in [0.4, 0.5) is 8.78 Å². The molecule has 1 aromatic carbocycles. The third-order valence-electron chi connectivity index (χ3n) is 4.26. The van der Waals surface area contributed by atoms with E-state index in [9.17, 15) is 8.78 Å². The number of halogens is 2. The van der Waals surface area contributed by atoms with E-state index in [0.29, 0.717) is 24.5 Å². The molecule has 0 aliphatic carbocycles. The molecule has 0 spiro atoms. The summed E-state index contributed by atoms with van der Waals surface area (Å²) in [5.41, 5.74) is 0.190. The predicted molar refractivity (Wildman–Crippen MR) is 77.5 cm³/mol. The number of benzene rings is 1. The fourth-order valence-electron chi connectivity index (χ4n) is 2.81. The highest BCUT2D eigenvalue weighted by Crippen LogP contribution is 2.21. The van der Waals surface area contributed by atoms with E-state index in [4.69, 9.17) is 0 Å². The zero-order valence-electron chi connectivity index (χ0n) is 12.5. The Labute approximate surface area is 120 Å². The van der Waals surface area contributed by atoms with Gasteiger partial charge in [0.05, 0.1) is 0 Å². The summed E-state index contributed by atoms with van der Waals surface area (Å²) < 4.78 is 27.6. The second-order valence-electron chi connectivity index (χ2n) is 5.95. The third kappa shape index (κ3) is 3.36. The summed E-state index contributed by atoms with van der Waals surface area (Å²) >= 11 is 0. The molecule has 4 heteroatoms. The highest BCUT2D eigenvalue weighted by atomic mass is 19.1. The van der Waals surface area contributed by atoms with Gasteiger partial charge in [-0.1, -0.05) is 26.8 Å². The van der Waals surface area contributed by atoms with Crippen LogP contribution in [-0.4, -0.2) is 30.1 Å². The Morgan fingerprint density at radius 3 is 2.50 bits per heavy atom. The normalized spacial score (nSPS) is 24.3. The predicted octanol–water partition coefficient (Wildman–Crippen LogP) is 3.17. The first-order valence-electron chi connectivity index (χ1n) is 7.43. The maximum Gasteiger partial charge on any atom is 0.130 e. The smallest absolute Gasteiger partial charge is 0.130 e. The minimum atomic E-state index is -0.445. The highest BCUT2D eigenvalue weighted by Gasteiger charge is 2.29. The molecule has 1 aliphatic heterocycles. The number of nitrogens with zero attached hydrogens (tertiary/aromatic N) is 1. The minimum absolute atomic E-state index is 0.190. The molecule has 1 saturated heterocycles. The molecule has 1 aromatic rings. The van der Waals surface area contributed by atoms with Gasteiger partial charge in [-0.15, -0.1) is 0 Å². The van der Waals surface area contributed by atoms with Gasteiger partial charge in [-0.25, -0.2) is 8.78 Å². The summed E-state index contributed by atoms with van der Waals surface area (Å²) in [6.45, 7) is 8.53. The summed E-state index contributed by atoms with van der Waals surface area (Å²) in [4.78, 5) is 2.21. The Hall–Kier alpha value is -1.00. The molecule has 1 heterocycles. The Bertz CT molecular complexity index is 428.